The molecule has 4 heteroatoms. The Morgan fingerprint density at radius 1 is 1.50 bits per heavy atom. The fraction of sp³-hybridized carbons (Fsp3) is 0.571. The monoisotopic (exact) mass is 268 g/mol. The third-order valence-electron chi connectivity index (χ3n) is 3.11. The average Bonchev–Trinajstić information content (AvgIpc) is 2.20. The summed E-state index contributed by atoms with van der Waals surface area (Å²) in [6.07, 6.45) is 0.262. The van der Waals surface area contributed by atoms with Crippen LogP contribution in [-0.4, -0.2) is 29.7 Å². The van der Waals surface area contributed by atoms with Crippen LogP contribution in [0.2, 0.25) is 5.02 Å². The zero-order chi connectivity index (χ0) is 13.3. The molecule has 1 unspecified atom stereocenters. The zero-order valence-corrected chi connectivity index (χ0v) is 12.0. The molecule has 1 aromatic carbocycles. The van der Waals surface area contributed by atoms with E-state index in [4.69, 9.17) is 22.1 Å². The lowest BCUT2D eigenvalue weighted by Crippen LogP contribution is -2.51. The van der Waals surface area contributed by atoms with Gasteiger partial charge in [0.15, 0.2) is 0 Å². The van der Waals surface area contributed by atoms with E-state index in [1.807, 2.05) is 18.2 Å². The second kappa shape index (κ2) is 5.08. The van der Waals surface area contributed by atoms with E-state index in [2.05, 4.69) is 25.7 Å². The first-order valence-corrected chi connectivity index (χ1v) is 6.67. The number of nitrogens with two attached hydrogens (primary N) is 1. The molecule has 1 aliphatic rings. The van der Waals surface area contributed by atoms with Crippen molar-refractivity contribution >= 4 is 17.3 Å². The van der Waals surface area contributed by atoms with E-state index in [1.165, 1.54) is 5.56 Å². The minimum Gasteiger partial charge on any atom is -0.398 e. The van der Waals surface area contributed by atoms with Crippen LogP contribution < -0.4 is 5.73 Å². The van der Waals surface area contributed by atoms with Gasteiger partial charge in [0.05, 0.1) is 22.4 Å². The predicted octanol–water partition coefficient (Wildman–Crippen LogP) is 2.92. The fourth-order valence-electron chi connectivity index (χ4n) is 2.63. The molecule has 2 N–H and O–H groups in total. The van der Waals surface area contributed by atoms with E-state index < -0.39 is 0 Å². The number of nitrogens with zero attached hydrogens (tertiary/aromatic N) is 1. The van der Waals surface area contributed by atoms with Crippen molar-refractivity contribution in [1.29, 1.82) is 0 Å². The first-order valence-electron chi connectivity index (χ1n) is 6.30. The molecule has 0 aliphatic carbocycles. The minimum atomic E-state index is -0.0880. The van der Waals surface area contributed by atoms with Crippen molar-refractivity contribution in [3.05, 3.63) is 28.8 Å². The van der Waals surface area contributed by atoms with Gasteiger partial charge in [-0.2, -0.15) is 0 Å². The summed E-state index contributed by atoms with van der Waals surface area (Å²) < 4.78 is 5.90. The Bertz CT molecular complexity index is 434. The Hall–Kier alpha value is -0.770. The third-order valence-corrected chi connectivity index (χ3v) is 3.44. The average molecular weight is 269 g/mol. The van der Waals surface area contributed by atoms with Crippen LogP contribution >= 0.6 is 11.6 Å². The number of hydrogen-bond donors (Lipinski definition) is 1. The molecule has 100 valence electrons. The third kappa shape index (κ3) is 3.37. The summed E-state index contributed by atoms with van der Waals surface area (Å²) in [6, 6.07) is 5.85. The summed E-state index contributed by atoms with van der Waals surface area (Å²) in [5.41, 5.74) is 7.46. The van der Waals surface area contributed by atoms with Crippen molar-refractivity contribution in [2.45, 2.75) is 39.0 Å². The molecule has 0 bridgehead atoms. The van der Waals surface area contributed by atoms with Crippen LogP contribution in [0.15, 0.2) is 18.2 Å². The molecule has 0 amide bonds. The Labute approximate surface area is 114 Å². The van der Waals surface area contributed by atoms with Gasteiger partial charge in [0.1, 0.15) is 0 Å². The smallest absolute Gasteiger partial charge is 0.0757 e. The van der Waals surface area contributed by atoms with E-state index in [0.717, 1.165) is 19.6 Å². The molecule has 1 saturated heterocycles. The van der Waals surface area contributed by atoms with Gasteiger partial charge in [-0.1, -0.05) is 17.7 Å². The van der Waals surface area contributed by atoms with E-state index in [0.29, 0.717) is 10.7 Å². The number of nitrogen functional groups attached to an aromatic ring is 1. The summed E-state index contributed by atoms with van der Waals surface area (Å²) in [5.74, 6) is 0. The number of benzene rings is 1. The van der Waals surface area contributed by atoms with E-state index >= 15 is 0 Å². The Morgan fingerprint density at radius 2 is 2.22 bits per heavy atom. The maximum absolute atomic E-state index is 6.05. The highest BCUT2D eigenvalue weighted by Gasteiger charge is 2.31. The van der Waals surface area contributed by atoms with Gasteiger partial charge in [-0.3, -0.25) is 4.90 Å². The first-order chi connectivity index (χ1) is 8.35. The van der Waals surface area contributed by atoms with E-state index in [1.54, 1.807) is 0 Å². The van der Waals surface area contributed by atoms with Crippen LogP contribution in [0.25, 0.3) is 0 Å². The molecular weight excluding hydrogens is 248 g/mol. The zero-order valence-electron chi connectivity index (χ0n) is 11.2. The van der Waals surface area contributed by atoms with Gasteiger partial charge in [-0.25, -0.2) is 0 Å². The predicted molar refractivity (Wildman–Crippen MR) is 75.8 cm³/mol. The molecule has 0 radical (unpaired) electrons. The fourth-order valence-corrected chi connectivity index (χ4v) is 2.84. The first kappa shape index (κ1) is 13.7. The van der Waals surface area contributed by atoms with Gasteiger partial charge in [-0.15, -0.1) is 0 Å². The van der Waals surface area contributed by atoms with Crippen molar-refractivity contribution in [3.8, 4) is 0 Å². The topological polar surface area (TPSA) is 38.5 Å². The quantitative estimate of drug-likeness (QED) is 0.839. The second-order valence-corrected chi connectivity index (χ2v) is 6.12. The van der Waals surface area contributed by atoms with Gasteiger partial charge in [0.25, 0.3) is 0 Å². The molecule has 0 saturated carbocycles. The molecular formula is C14H21ClN2O. The number of morpholine rings is 1. The van der Waals surface area contributed by atoms with Gasteiger partial charge in [0, 0.05) is 19.6 Å². The van der Waals surface area contributed by atoms with Crippen LogP contribution in [0.3, 0.4) is 0 Å². The minimum absolute atomic E-state index is 0.0880. The second-order valence-electron chi connectivity index (χ2n) is 5.71. The molecule has 2 rings (SSSR count). The highest BCUT2D eigenvalue weighted by Crippen LogP contribution is 2.24. The number of hydrogen-bond acceptors (Lipinski definition) is 3. The lowest BCUT2D eigenvalue weighted by Gasteiger charge is -2.41. The van der Waals surface area contributed by atoms with Crippen molar-refractivity contribution in [1.82, 2.24) is 4.90 Å². The lowest BCUT2D eigenvalue weighted by molar-refractivity contribution is -0.130. The highest BCUT2D eigenvalue weighted by atomic mass is 35.5. The molecule has 0 spiro atoms. The maximum atomic E-state index is 6.05. The van der Waals surface area contributed by atoms with Gasteiger partial charge in [0.2, 0.25) is 0 Å². The summed E-state index contributed by atoms with van der Waals surface area (Å²) in [6.45, 7) is 9.14. The van der Waals surface area contributed by atoms with E-state index in [-0.39, 0.29) is 11.7 Å². The molecule has 1 heterocycles. The van der Waals surface area contributed by atoms with Crippen LogP contribution in [-0.2, 0) is 11.3 Å². The molecule has 1 aromatic rings. The van der Waals surface area contributed by atoms with Crippen molar-refractivity contribution in [2.75, 3.05) is 18.8 Å². The van der Waals surface area contributed by atoms with Crippen LogP contribution in [0.1, 0.15) is 26.3 Å². The van der Waals surface area contributed by atoms with E-state index in [9.17, 15) is 0 Å². The summed E-state index contributed by atoms with van der Waals surface area (Å²) >= 11 is 6.05. The molecule has 1 aliphatic heterocycles. The number of halogens is 1. The van der Waals surface area contributed by atoms with Gasteiger partial charge < -0.3 is 10.5 Å². The summed E-state index contributed by atoms with van der Waals surface area (Å²) in [7, 11) is 0. The summed E-state index contributed by atoms with van der Waals surface area (Å²) in [4.78, 5) is 2.40. The highest BCUT2D eigenvalue weighted by molar-refractivity contribution is 6.33. The normalized spacial score (nSPS) is 24.1. The Morgan fingerprint density at radius 3 is 2.83 bits per heavy atom. The molecule has 18 heavy (non-hydrogen) atoms. The number of ether oxygens (including phenoxy) is 1. The molecule has 3 nitrogen and oxygen atoms in total. The maximum Gasteiger partial charge on any atom is 0.0757 e. The van der Waals surface area contributed by atoms with Gasteiger partial charge in [-0.05, 0) is 38.5 Å². The standard InChI is InChI=1S/C14H21ClN2O/c1-10-7-17(9-14(2,3)18-10)8-11-4-5-13(16)12(15)6-11/h4-6,10H,7-9,16H2,1-3H3. The molecule has 1 atom stereocenters. The Balaban J connectivity index is 2.06. The van der Waals surface area contributed by atoms with Crippen LogP contribution in [0, 0.1) is 0 Å². The number of rotatable bonds is 2. The SMILES string of the molecule is CC1CN(Cc2ccc(N)c(Cl)c2)CC(C)(C)O1. The molecule has 1 fully saturated rings. The van der Waals surface area contributed by atoms with Crippen molar-refractivity contribution in [2.24, 2.45) is 0 Å². The van der Waals surface area contributed by atoms with Crippen LogP contribution in [0.4, 0.5) is 5.69 Å². The van der Waals surface area contributed by atoms with Crippen molar-refractivity contribution < 1.29 is 4.74 Å². The number of anilines is 1. The Kier molecular flexibility index (Phi) is 3.85. The summed E-state index contributed by atoms with van der Waals surface area (Å²) in [5, 5.41) is 0.632. The lowest BCUT2D eigenvalue weighted by atomic mass is 10.0. The van der Waals surface area contributed by atoms with Gasteiger partial charge >= 0.3 is 0 Å². The van der Waals surface area contributed by atoms with Crippen LogP contribution in [0.5, 0.6) is 0 Å². The largest absolute Gasteiger partial charge is 0.398 e. The molecule has 0 aromatic heterocycles. The van der Waals surface area contributed by atoms with Crippen molar-refractivity contribution in [3.63, 3.8) is 0 Å².